The van der Waals surface area contributed by atoms with Crippen molar-refractivity contribution in [3.05, 3.63) is 40.3 Å². The normalized spacial score (nSPS) is 10.7. The molecule has 0 amide bonds. The number of methoxy groups -OCH3 is 1. The average molecular weight is 276 g/mol. The highest BCUT2D eigenvalue weighted by atomic mass is 35.5. The van der Waals surface area contributed by atoms with Crippen LogP contribution in [0, 0.1) is 17.5 Å². The van der Waals surface area contributed by atoms with Gasteiger partial charge in [0.25, 0.3) is 0 Å². The Morgan fingerprint density at radius 1 is 1.28 bits per heavy atom. The minimum atomic E-state index is -1.38. The molecule has 7 heteroatoms. The second kappa shape index (κ2) is 4.45. The molecule has 1 aromatic heterocycles. The van der Waals surface area contributed by atoms with Crippen LogP contribution >= 0.6 is 11.6 Å². The van der Waals surface area contributed by atoms with Gasteiger partial charge >= 0.3 is 5.97 Å². The van der Waals surface area contributed by atoms with Crippen LogP contribution in [0.1, 0.15) is 10.4 Å². The summed E-state index contributed by atoms with van der Waals surface area (Å²) in [6.07, 6.45) is 0. The van der Waals surface area contributed by atoms with Gasteiger partial charge in [-0.1, -0.05) is 11.6 Å². The fourth-order valence-corrected chi connectivity index (χ4v) is 1.68. The summed E-state index contributed by atoms with van der Waals surface area (Å²) in [7, 11) is 1.09. The molecule has 18 heavy (non-hydrogen) atoms. The molecule has 94 valence electrons. The number of fused-ring (bicyclic) bond motifs is 1. The van der Waals surface area contributed by atoms with E-state index in [2.05, 4.69) is 9.72 Å². The second-order valence-corrected chi connectivity index (χ2v) is 3.73. The fourth-order valence-electron chi connectivity index (χ4n) is 1.46. The van der Waals surface area contributed by atoms with Crippen LogP contribution in [0.3, 0.4) is 0 Å². The molecule has 0 bridgehead atoms. The van der Waals surface area contributed by atoms with E-state index in [1.165, 1.54) is 0 Å². The van der Waals surface area contributed by atoms with E-state index in [0.717, 1.165) is 13.2 Å². The van der Waals surface area contributed by atoms with Crippen molar-refractivity contribution < 1.29 is 22.7 Å². The molecular formula is C11H5ClF3NO2. The van der Waals surface area contributed by atoms with Crippen molar-refractivity contribution in [3.63, 3.8) is 0 Å². The van der Waals surface area contributed by atoms with Crippen molar-refractivity contribution in [1.29, 1.82) is 0 Å². The number of hydrogen-bond acceptors (Lipinski definition) is 3. The molecule has 0 aliphatic rings. The van der Waals surface area contributed by atoms with E-state index >= 15 is 0 Å². The number of halogens is 4. The van der Waals surface area contributed by atoms with Crippen molar-refractivity contribution in [2.24, 2.45) is 0 Å². The molecule has 0 saturated carbocycles. The lowest BCUT2D eigenvalue weighted by molar-refractivity contribution is 0.0600. The third kappa shape index (κ3) is 1.88. The number of aromatic nitrogens is 1. The van der Waals surface area contributed by atoms with Crippen molar-refractivity contribution in [3.8, 4) is 0 Å². The first-order valence-corrected chi connectivity index (χ1v) is 5.05. The summed E-state index contributed by atoms with van der Waals surface area (Å²) in [6.45, 7) is 0. The monoisotopic (exact) mass is 275 g/mol. The predicted octanol–water partition coefficient (Wildman–Crippen LogP) is 3.09. The number of nitrogens with zero attached hydrogens (tertiary/aromatic N) is 1. The van der Waals surface area contributed by atoms with Gasteiger partial charge in [-0.05, 0) is 6.07 Å². The highest BCUT2D eigenvalue weighted by Crippen LogP contribution is 2.26. The Morgan fingerprint density at radius 3 is 2.56 bits per heavy atom. The van der Waals surface area contributed by atoms with E-state index in [4.69, 9.17) is 11.6 Å². The number of ether oxygens (including phenoxy) is 1. The van der Waals surface area contributed by atoms with E-state index < -0.39 is 34.3 Å². The Hall–Kier alpha value is -1.82. The van der Waals surface area contributed by atoms with Crippen LogP contribution in [0.25, 0.3) is 10.9 Å². The van der Waals surface area contributed by atoms with E-state index in [0.29, 0.717) is 6.07 Å². The summed E-state index contributed by atoms with van der Waals surface area (Å²) in [5.41, 5.74) is -0.720. The topological polar surface area (TPSA) is 39.2 Å². The minimum Gasteiger partial charge on any atom is -0.465 e. The lowest BCUT2D eigenvalue weighted by Crippen LogP contribution is -2.05. The highest BCUT2D eigenvalue weighted by Gasteiger charge is 2.19. The molecule has 0 spiro atoms. The molecule has 0 atom stereocenters. The van der Waals surface area contributed by atoms with Gasteiger partial charge in [0.1, 0.15) is 10.7 Å². The molecular weight excluding hydrogens is 271 g/mol. The van der Waals surface area contributed by atoms with Crippen molar-refractivity contribution >= 4 is 28.5 Å². The quantitative estimate of drug-likeness (QED) is 0.456. The number of carbonyl (C=O) groups excluding carboxylic acids is 1. The summed E-state index contributed by atoms with van der Waals surface area (Å²) in [5, 5.41) is -0.823. The first kappa shape index (κ1) is 12.6. The molecule has 0 radical (unpaired) electrons. The SMILES string of the molecule is COC(=O)c1cc2c(F)c(F)cc(F)c2nc1Cl. The van der Waals surface area contributed by atoms with Crippen LogP contribution in [-0.4, -0.2) is 18.1 Å². The zero-order valence-electron chi connectivity index (χ0n) is 8.93. The van der Waals surface area contributed by atoms with Crippen LogP contribution in [0.2, 0.25) is 5.15 Å². The number of esters is 1. The van der Waals surface area contributed by atoms with Crippen LogP contribution < -0.4 is 0 Å². The Balaban J connectivity index is 2.85. The molecule has 0 N–H and O–H groups in total. The van der Waals surface area contributed by atoms with Crippen LogP contribution in [0.5, 0.6) is 0 Å². The summed E-state index contributed by atoms with van der Waals surface area (Å²) < 4.78 is 44.3. The molecule has 2 rings (SSSR count). The van der Waals surface area contributed by atoms with Gasteiger partial charge in [-0.3, -0.25) is 0 Å². The van der Waals surface area contributed by atoms with E-state index in [9.17, 15) is 18.0 Å². The van der Waals surface area contributed by atoms with Gasteiger partial charge in [0.2, 0.25) is 0 Å². The minimum absolute atomic E-state index is 0.268. The Labute approximate surface area is 104 Å². The van der Waals surface area contributed by atoms with Gasteiger partial charge in [0, 0.05) is 11.5 Å². The first-order chi connectivity index (χ1) is 8.45. The smallest absolute Gasteiger partial charge is 0.341 e. The lowest BCUT2D eigenvalue weighted by Gasteiger charge is -2.06. The van der Waals surface area contributed by atoms with Gasteiger partial charge < -0.3 is 4.74 Å². The Bertz CT molecular complexity index is 661. The Kier molecular flexibility index (Phi) is 3.13. The number of hydrogen-bond donors (Lipinski definition) is 0. The largest absolute Gasteiger partial charge is 0.465 e. The van der Waals surface area contributed by atoms with Crippen LogP contribution in [0.4, 0.5) is 13.2 Å². The van der Waals surface area contributed by atoms with E-state index in [1.807, 2.05) is 0 Å². The zero-order chi connectivity index (χ0) is 13.4. The number of pyridine rings is 1. The maximum Gasteiger partial charge on any atom is 0.341 e. The summed E-state index contributed by atoms with van der Waals surface area (Å²) in [5.74, 6) is -4.62. The highest BCUT2D eigenvalue weighted by molar-refractivity contribution is 6.33. The summed E-state index contributed by atoms with van der Waals surface area (Å²) in [4.78, 5) is 14.8. The fraction of sp³-hybridized carbons (Fsp3) is 0.0909. The molecule has 1 heterocycles. The van der Waals surface area contributed by atoms with Gasteiger partial charge in [0.05, 0.1) is 12.7 Å². The Morgan fingerprint density at radius 2 is 1.94 bits per heavy atom. The van der Waals surface area contributed by atoms with Crippen molar-refractivity contribution in [2.45, 2.75) is 0 Å². The van der Waals surface area contributed by atoms with Crippen molar-refractivity contribution in [1.82, 2.24) is 4.98 Å². The molecule has 0 fully saturated rings. The van der Waals surface area contributed by atoms with Gasteiger partial charge in [-0.2, -0.15) is 0 Å². The van der Waals surface area contributed by atoms with Gasteiger partial charge in [-0.25, -0.2) is 22.9 Å². The number of rotatable bonds is 1. The maximum atomic E-state index is 13.5. The third-order valence-electron chi connectivity index (χ3n) is 2.31. The third-order valence-corrected chi connectivity index (χ3v) is 2.60. The number of benzene rings is 1. The summed E-state index contributed by atoms with van der Waals surface area (Å²) >= 11 is 5.65. The molecule has 1 aromatic carbocycles. The first-order valence-electron chi connectivity index (χ1n) is 4.67. The van der Waals surface area contributed by atoms with Crippen LogP contribution in [-0.2, 0) is 4.74 Å². The predicted molar refractivity (Wildman–Crippen MR) is 58.0 cm³/mol. The molecule has 0 aliphatic carbocycles. The van der Waals surface area contributed by atoms with E-state index in [-0.39, 0.29) is 10.7 Å². The standard InChI is InChI=1S/C11H5ClF3NO2/c1-18-11(17)5-2-4-8(15)6(13)3-7(14)9(4)16-10(5)12/h2-3H,1H3. The molecule has 0 unspecified atom stereocenters. The molecule has 0 aliphatic heterocycles. The van der Waals surface area contributed by atoms with Gasteiger partial charge in [-0.15, -0.1) is 0 Å². The number of carbonyl (C=O) groups is 1. The molecule has 0 saturated heterocycles. The zero-order valence-corrected chi connectivity index (χ0v) is 9.69. The maximum absolute atomic E-state index is 13.5. The molecule has 2 aromatic rings. The molecule has 3 nitrogen and oxygen atoms in total. The van der Waals surface area contributed by atoms with Crippen molar-refractivity contribution in [2.75, 3.05) is 7.11 Å². The second-order valence-electron chi connectivity index (χ2n) is 3.37. The van der Waals surface area contributed by atoms with Crippen LogP contribution in [0.15, 0.2) is 12.1 Å². The lowest BCUT2D eigenvalue weighted by atomic mass is 10.1. The van der Waals surface area contributed by atoms with E-state index in [1.54, 1.807) is 0 Å². The van der Waals surface area contributed by atoms with Gasteiger partial charge in [0.15, 0.2) is 17.5 Å². The summed E-state index contributed by atoms with van der Waals surface area (Å²) in [6, 6.07) is 1.26. The average Bonchev–Trinajstić information content (AvgIpc) is 2.35.